The third-order valence-electron chi connectivity index (χ3n) is 4.86. The summed E-state index contributed by atoms with van der Waals surface area (Å²) in [6.45, 7) is 3.71. The highest BCUT2D eigenvalue weighted by Crippen LogP contribution is 2.35. The minimum Gasteiger partial charge on any atom is -0.507 e. The number of aliphatic hydroxyl groups excluding tert-OH is 1. The molecular weight excluding hydrogens is 346 g/mol. The second kappa shape index (κ2) is 6.80. The van der Waals surface area contributed by atoms with Gasteiger partial charge in [0, 0.05) is 30.4 Å². The van der Waals surface area contributed by atoms with Gasteiger partial charge in [0.1, 0.15) is 22.7 Å². The number of carbonyl (C=O) groups excluding carboxylic acids is 1. The van der Waals surface area contributed by atoms with E-state index >= 15 is 0 Å². The van der Waals surface area contributed by atoms with E-state index in [-0.39, 0.29) is 17.3 Å². The fraction of sp³-hybridized carbons (Fsp3) is 0.350. The number of fused-ring (bicyclic) bond motifs is 1. The molecule has 2 aromatic rings. The van der Waals surface area contributed by atoms with Crippen LogP contribution in [0, 0.1) is 11.3 Å². The molecule has 0 aliphatic heterocycles. The molecule has 0 radical (unpaired) electrons. The van der Waals surface area contributed by atoms with Gasteiger partial charge in [-0.05, 0) is 37.6 Å². The number of nitriles is 1. The first-order valence-electron chi connectivity index (χ1n) is 8.47. The first kappa shape index (κ1) is 18.5. The van der Waals surface area contributed by atoms with Crippen LogP contribution in [-0.4, -0.2) is 34.7 Å². The summed E-state index contributed by atoms with van der Waals surface area (Å²) in [5.74, 6) is -0.671. The van der Waals surface area contributed by atoms with Gasteiger partial charge < -0.3 is 19.0 Å². The van der Waals surface area contributed by atoms with Crippen molar-refractivity contribution in [2.75, 3.05) is 14.2 Å². The Morgan fingerprint density at radius 2 is 2.19 bits per heavy atom. The van der Waals surface area contributed by atoms with Gasteiger partial charge in [-0.1, -0.05) is 0 Å². The van der Waals surface area contributed by atoms with Crippen LogP contribution in [0.1, 0.15) is 37.4 Å². The van der Waals surface area contributed by atoms with Crippen LogP contribution < -0.4 is 0 Å². The highest BCUT2D eigenvalue weighted by molar-refractivity contribution is 5.93. The maximum Gasteiger partial charge on any atom is 0.345 e. The van der Waals surface area contributed by atoms with Crippen molar-refractivity contribution in [1.82, 2.24) is 9.38 Å². The quantitative estimate of drug-likeness (QED) is 0.834. The lowest BCUT2D eigenvalue weighted by Gasteiger charge is -2.22. The van der Waals surface area contributed by atoms with E-state index in [2.05, 4.69) is 11.1 Å². The molecule has 0 amide bonds. The lowest BCUT2D eigenvalue weighted by atomic mass is 9.87. The predicted octanol–water partition coefficient (Wildman–Crippen LogP) is 3.14. The number of pyridine rings is 1. The average molecular weight is 367 g/mol. The van der Waals surface area contributed by atoms with E-state index in [1.165, 1.54) is 14.2 Å². The van der Waals surface area contributed by atoms with Crippen molar-refractivity contribution < 1.29 is 19.4 Å². The van der Waals surface area contributed by atoms with Crippen LogP contribution in [0.15, 0.2) is 47.7 Å². The van der Waals surface area contributed by atoms with Gasteiger partial charge in [0.15, 0.2) is 0 Å². The third kappa shape index (κ3) is 3.14. The molecule has 0 aromatic carbocycles. The summed E-state index contributed by atoms with van der Waals surface area (Å²) in [6, 6.07) is 6.06. The summed E-state index contributed by atoms with van der Waals surface area (Å²) >= 11 is 0. The number of carbonyl (C=O) groups is 1. The maximum absolute atomic E-state index is 11.9. The molecule has 2 aromatic heterocycles. The Bertz CT molecular complexity index is 1010. The Kier molecular flexibility index (Phi) is 4.66. The summed E-state index contributed by atoms with van der Waals surface area (Å²) in [5.41, 5.74) is 1.86. The fourth-order valence-corrected chi connectivity index (χ4v) is 3.20. The molecule has 2 heterocycles. The minimum atomic E-state index is -0.638. The summed E-state index contributed by atoms with van der Waals surface area (Å²) < 4.78 is 12.0. The molecule has 0 fully saturated rings. The Morgan fingerprint density at radius 1 is 1.44 bits per heavy atom. The van der Waals surface area contributed by atoms with E-state index < -0.39 is 11.4 Å². The van der Waals surface area contributed by atoms with Crippen LogP contribution >= 0.6 is 0 Å². The molecule has 0 saturated carbocycles. The molecule has 0 spiro atoms. The van der Waals surface area contributed by atoms with Crippen molar-refractivity contribution in [1.29, 1.82) is 5.26 Å². The van der Waals surface area contributed by atoms with Crippen LogP contribution in [0.3, 0.4) is 0 Å². The Hall–Kier alpha value is -3.27. The second-order valence-corrected chi connectivity index (χ2v) is 6.92. The highest BCUT2D eigenvalue weighted by atomic mass is 16.5. The lowest BCUT2D eigenvalue weighted by Crippen LogP contribution is -2.18. The molecule has 0 bridgehead atoms. The summed E-state index contributed by atoms with van der Waals surface area (Å²) in [4.78, 5) is 16.3. The van der Waals surface area contributed by atoms with E-state index in [9.17, 15) is 15.2 Å². The molecule has 1 N–H and O–H groups in total. The van der Waals surface area contributed by atoms with Gasteiger partial charge >= 0.3 is 5.97 Å². The number of aromatic nitrogens is 2. The predicted molar refractivity (Wildman–Crippen MR) is 98.0 cm³/mol. The molecule has 1 aliphatic rings. The second-order valence-electron chi connectivity index (χ2n) is 6.92. The molecule has 27 heavy (non-hydrogen) atoms. The summed E-state index contributed by atoms with van der Waals surface area (Å²) in [6.07, 6.45) is 5.59. The zero-order chi connectivity index (χ0) is 19.8. The van der Waals surface area contributed by atoms with Gasteiger partial charge in [-0.15, -0.1) is 0 Å². The zero-order valence-corrected chi connectivity index (χ0v) is 15.7. The molecule has 140 valence electrons. The molecule has 1 unspecified atom stereocenters. The van der Waals surface area contributed by atoms with Crippen LogP contribution in [-0.2, 0) is 19.7 Å². The van der Waals surface area contributed by atoms with Crippen molar-refractivity contribution in [3.63, 3.8) is 0 Å². The van der Waals surface area contributed by atoms with Crippen LogP contribution in [0.5, 0.6) is 0 Å². The normalized spacial score (nSPS) is 17.4. The van der Waals surface area contributed by atoms with Crippen molar-refractivity contribution in [3.05, 3.63) is 59.0 Å². The SMILES string of the molecule is COC(=O)C1=C(OC)CC(c2cnc3cc(C(C)(C)C#N)ccn23)C=C1O. The standard InChI is InChI=1S/C20H21N3O4/c1-20(2,11-21)13-5-6-23-14(10-22-17(23)9-13)12-7-15(24)18(19(25)27-4)16(8-12)26-3/h5-7,9-10,12,24H,8H2,1-4H3. The van der Waals surface area contributed by atoms with Gasteiger partial charge in [0.2, 0.25) is 0 Å². The van der Waals surface area contributed by atoms with E-state index in [1.54, 1.807) is 12.3 Å². The van der Waals surface area contributed by atoms with Crippen molar-refractivity contribution in [2.24, 2.45) is 0 Å². The van der Waals surface area contributed by atoms with Gasteiger partial charge in [-0.2, -0.15) is 5.26 Å². The van der Waals surface area contributed by atoms with Gasteiger partial charge in [0.25, 0.3) is 0 Å². The van der Waals surface area contributed by atoms with E-state index in [1.807, 2.05) is 36.6 Å². The van der Waals surface area contributed by atoms with Crippen LogP contribution in [0.25, 0.3) is 5.65 Å². The number of allylic oxidation sites excluding steroid dienone is 2. The van der Waals surface area contributed by atoms with Crippen molar-refractivity contribution in [3.8, 4) is 6.07 Å². The number of aliphatic hydroxyl groups is 1. The number of esters is 1. The van der Waals surface area contributed by atoms with Crippen LogP contribution in [0.4, 0.5) is 0 Å². The molecule has 7 nitrogen and oxygen atoms in total. The summed E-state index contributed by atoms with van der Waals surface area (Å²) in [5, 5.41) is 19.7. The largest absolute Gasteiger partial charge is 0.507 e. The molecule has 0 saturated heterocycles. The number of rotatable bonds is 4. The van der Waals surface area contributed by atoms with Gasteiger partial charge in [-0.25, -0.2) is 9.78 Å². The Morgan fingerprint density at radius 3 is 2.81 bits per heavy atom. The number of methoxy groups -OCH3 is 2. The molecular formula is C20H21N3O4. The fourth-order valence-electron chi connectivity index (χ4n) is 3.20. The van der Waals surface area contributed by atoms with Crippen LogP contribution in [0.2, 0.25) is 0 Å². The number of imidazole rings is 1. The summed E-state index contributed by atoms with van der Waals surface area (Å²) in [7, 11) is 2.71. The lowest BCUT2D eigenvalue weighted by molar-refractivity contribution is -0.136. The average Bonchev–Trinajstić information content (AvgIpc) is 3.09. The minimum absolute atomic E-state index is 0.0446. The van der Waals surface area contributed by atoms with Gasteiger partial charge in [0.05, 0.1) is 25.7 Å². The topological polar surface area (TPSA) is 96.9 Å². The van der Waals surface area contributed by atoms with Crippen molar-refractivity contribution >= 4 is 11.6 Å². The Balaban J connectivity index is 2.01. The monoisotopic (exact) mass is 367 g/mol. The molecule has 1 aliphatic carbocycles. The van der Waals surface area contributed by atoms with Gasteiger partial charge in [-0.3, -0.25) is 0 Å². The molecule has 1 atom stereocenters. The first-order valence-corrected chi connectivity index (χ1v) is 8.47. The van der Waals surface area contributed by atoms with Crippen molar-refractivity contribution in [2.45, 2.75) is 31.6 Å². The molecule has 3 rings (SSSR count). The highest BCUT2D eigenvalue weighted by Gasteiger charge is 2.30. The zero-order valence-electron chi connectivity index (χ0n) is 15.7. The van der Waals surface area contributed by atoms with E-state index in [0.717, 1.165) is 11.3 Å². The van der Waals surface area contributed by atoms with E-state index in [4.69, 9.17) is 9.47 Å². The van der Waals surface area contributed by atoms with E-state index in [0.29, 0.717) is 17.8 Å². The smallest absolute Gasteiger partial charge is 0.345 e. The number of ether oxygens (including phenoxy) is 2. The first-order chi connectivity index (χ1) is 12.8. The molecule has 7 heteroatoms. The Labute approximate surface area is 157 Å². The third-order valence-corrected chi connectivity index (χ3v) is 4.86. The number of hydrogen-bond acceptors (Lipinski definition) is 6. The number of hydrogen-bond donors (Lipinski definition) is 1. The maximum atomic E-state index is 11.9. The number of nitrogens with zero attached hydrogens (tertiary/aromatic N) is 3.